The van der Waals surface area contributed by atoms with Crippen LogP contribution < -0.4 is 9.78 Å². The highest BCUT2D eigenvalue weighted by molar-refractivity contribution is 5.80. The van der Waals surface area contributed by atoms with Crippen LogP contribution in [0.4, 0.5) is 0 Å². The van der Waals surface area contributed by atoms with Crippen molar-refractivity contribution in [1.29, 1.82) is 0 Å². The number of benzene rings is 2. The Morgan fingerprint density at radius 2 is 1.60 bits per heavy atom. The Morgan fingerprint density at radius 1 is 0.900 bits per heavy atom. The van der Waals surface area contributed by atoms with Gasteiger partial charge in [-0.25, -0.2) is 0 Å². The van der Waals surface area contributed by atoms with Crippen LogP contribution in [0.15, 0.2) is 78.2 Å². The number of rotatable bonds is 3. The van der Waals surface area contributed by atoms with Crippen LogP contribution in [0.25, 0.3) is 10.8 Å². The Morgan fingerprint density at radius 3 is 2.40 bits per heavy atom. The van der Waals surface area contributed by atoms with E-state index in [1.807, 2.05) is 66.9 Å². The molecule has 0 saturated heterocycles. The van der Waals surface area contributed by atoms with Crippen LogP contribution in [-0.2, 0) is 6.42 Å². The molecule has 3 nitrogen and oxygen atoms in total. The fraction of sp³-hybridized carbons (Fsp3) is 0.0588. The van der Waals surface area contributed by atoms with Crippen LogP contribution >= 0.6 is 0 Å². The number of pyridine rings is 1. The van der Waals surface area contributed by atoms with Crippen molar-refractivity contribution < 1.29 is 9.78 Å². The van der Waals surface area contributed by atoms with Gasteiger partial charge in [0.1, 0.15) is 0 Å². The molecule has 0 fully saturated rings. The lowest BCUT2D eigenvalue weighted by molar-refractivity contribution is -0.680. The zero-order chi connectivity index (χ0) is 13.8. The Kier molecular flexibility index (Phi) is 3.42. The van der Waals surface area contributed by atoms with Gasteiger partial charge >= 0.3 is 0 Å². The first-order valence-electron chi connectivity index (χ1n) is 6.50. The molecule has 3 rings (SSSR count). The molecule has 3 heteroatoms. The number of fused-ring (bicyclic) bond motifs is 1. The van der Waals surface area contributed by atoms with E-state index in [1.54, 1.807) is 10.9 Å². The zero-order valence-electron chi connectivity index (χ0n) is 10.9. The molecule has 0 unspecified atom stereocenters. The Balaban J connectivity index is 1.85. The maximum atomic E-state index is 11.9. The monoisotopic (exact) mass is 262 g/mol. The summed E-state index contributed by atoms with van der Waals surface area (Å²) in [6.45, 7) is 0. The molecule has 0 aliphatic carbocycles. The maximum Gasteiger partial charge on any atom is 0.210 e. The third-order valence-electron chi connectivity index (χ3n) is 3.10. The van der Waals surface area contributed by atoms with Gasteiger partial charge in [-0.2, -0.15) is 0 Å². The van der Waals surface area contributed by atoms with Crippen LogP contribution in [0.2, 0.25) is 0 Å². The van der Waals surface area contributed by atoms with Crippen LogP contribution in [0, 0.1) is 0 Å². The highest BCUT2D eigenvalue weighted by Gasteiger charge is 2.01. The number of aromatic nitrogens is 1. The van der Waals surface area contributed by atoms with E-state index in [1.165, 1.54) is 0 Å². The first-order chi connectivity index (χ1) is 9.81. The molecule has 0 aliphatic rings. The summed E-state index contributed by atoms with van der Waals surface area (Å²) < 4.78 is 1.58. The molecule has 3 aromatic rings. The van der Waals surface area contributed by atoms with Crippen molar-refractivity contribution in [3.8, 4) is 0 Å². The standard InChI is InChI=1S/C17H14N2O/c20-17(12-14-6-2-1-3-7-14)18-19-11-10-15-8-4-5-9-16(15)13-19/h1-11,13H,12H2. The van der Waals surface area contributed by atoms with E-state index in [9.17, 15) is 5.11 Å². The molecule has 0 saturated carbocycles. The summed E-state index contributed by atoms with van der Waals surface area (Å²) in [6.07, 6.45) is 3.98. The SMILES string of the molecule is [O-]/C(Cc1ccccc1)=N\[n+]1ccc2ccccc2c1. The summed E-state index contributed by atoms with van der Waals surface area (Å²) in [4.78, 5) is 0. The van der Waals surface area contributed by atoms with Gasteiger partial charge in [-0.3, -0.25) is 0 Å². The zero-order valence-corrected chi connectivity index (χ0v) is 10.9. The van der Waals surface area contributed by atoms with E-state index in [0.717, 1.165) is 16.3 Å². The summed E-state index contributed by atoms with van der Waals surface area (Å²) in [6, 6.07) is 19.6. The van der Waals surface area contributed by atoms with E-state index in [0.29, 0.717) is 6.42 Å². The topological polar surface area (TPSA) is 39.3 Å². The number of hydrogen-bond donors (Lipinski definition) is 0. The van der Waals surface area contributed by atoms with E-state index in [2.05, 4.69) is 5.10 Å². The van der Waals surface area contributed by atoms with Gasteiger partial charge in [-0.1, -0.05) is 53.2 Å². The average Bonchev–Trinajstić information content (AvgIpc) is 2.48. The Hall–Kier alpha value is -2.68. The Bertz CT molecular complexity index is 751. The minimum Gasteiger partial charge on any atom is -0.857 e. The largest absolute Gasteiger partial charge is 0.857 e. The van der Waals surface area contributed by atoms with Crippen molar-refractivity contribution in [3.63, 3.8) is 0 Å². The van der Waals surface area contributed by atoms with Crippen molar-refractivity contribution in [2.24, 2.45) is 5.10 Å². The Labute approximate surface area is 117 Å². The second-order valence-electron chi connectivity index (χ2n) is 4.61. The minimum absolute atomic E-state index is 0.156. The normalized spacial score (nSPS) is 11.7. The van der Waals surface area contributed by atoms with Gasteiger partial charge in [0.2, 0.25) is 12.4 Å². The van der Waals surface area contributed by atoms with Crippen molar-refractivity contribution >= 4 is 16.7 Å². The van der Waals surface area contributed by atoms with E-state index >= 15 is 0 Å². The molecule has 0 spiro atoms. The van der Waals surface area contributed by atoms with Gasteiger partial charge in [0.15, 0.2) is 0 Å². The predicted octanol–water partition coefficient (Wildman–Crippen LogP) is 1.89. The highest BCUT2D eigenvalue weighted by atomic mass is 16.3. The summed E-state index contributed by atoms with van der Waals surface area (Å²) in [7, 11) is 0. The lowest BCUT2D eigenvalue weighted by atomic mass is 10.1. The van der Waals surface area contributed by atoms with Gasteiger partial charge in [0.05, 0.1) is 0 Å². The second-order valence-corrected chi connectivity index (χ2v) is 4.61. The molecule has 1 heterocycles. The number of hydrogen-bond acceptors (Lipinski definition) is 2. The van der Waals surface area contributed by atoms with Crippen LogP contribution in [-0.4, -0.2) is 5.90 Å². The average molecular weight is 262 g/mol. The molecule has 1 aromatic heterocycles. The third-order valence-corrected chi connectivity index (χ3v) is 3.10. The molecule has 98 valence electrons. The van der Waals surface area contributed by atoms with Crippen LogP contribution in [0.3, 0.4) is 0 Å². The predicted molar refractivity (Wildman–Crippen MR) is 77.1 cm³/mol. The van der Waals surface area contributed by atoms with E-state index in [4.69, 9.17) is 0 Å². The quantitative estimate of drug-likeness (QED) is 0.403. The minimum atomic E-state index is -0.156. The molecule has 0 atom stereocenters. The first kappa shape index (κ1) is 12.4. The van der Waals surface area contributed by atoms with Gasteiger partial charge in [-0.05, 0) is 22.1 Å². The van der Waals surface area contributed by atoms with E-state index < -0.39 is 0 Å². The molecular formula is C17H14N2O. The van der Waals surface area contributed by atoms with Gasteiger partial charge in [-0.15, -0.1) is 0 Å². The van der Waals surface area contributed by atoms with Crippen molar-refractivity contribution in [3.05, 3.63) is 78.6 Å². The molecule has 0 N–H and O–H groups in total. The third kappa shape index (κ3) is 2.83. The lowest BCUT2D eigenvalue weighted by Crippen LogP contribution is -2.33. The van der Waals surface area contributed by atoms with Gasteiger partial charge in [0, 0.05) is 23.8 Å². The molecule has 0 radical (unpaired) electrons. The second kappa shape index (κ2) is 5.53. The molecule has 0 amide bonds. The van der Waals surface area contributed by atoms with E-state index in [-0.39, 0.29) is 5.90 Å². The first-order valence-corrected chi connectivity index (χ1v) is 6.50. The summed E-state index contributed by atoms with van der Waals surface area (Å²) in [5.41, 5.74) is 0.975. The smallest absolute Gasteiger partial charge is 0.210 e. The molecule has 0 aliphatic heterocycles. The van der Waals surface area contributed by atoms with Crippen LogP contribution in [0.1, 0.15) is 5.56 Å². The summed E-state index contributed by atoms with van der Waals surface area (Å²) >= 11 is 0. The molecular weight excluding hydrogens is 248 g/mol. The van der Waals surface area contributed by atoms with Crippen molar-refractivity contribution in [2.45, 2.75) is 6.42 Å². The van der Waals surface area contributed by atoms with Gasteiger partial charge < -0.3 is 5.11 Å². The van der Waals surface area contributed by atoms with Crippen molar-refractivity contribution in [2.75, 3.05) is 0 Å². The summed E-state index contributed by atoms with van der Waals surface area (Å²) in [5.74, 6) is -0.156. The highest BCUT2D eigenvalue weighted by Crippen LogP contribution is 2.09. The number of nitrogens with zero attached hydrogens (tertiary/aromatic N) is 2. The fourth-order valence-electron chi connectivity index (χ4n) is 2.12. The maximum absolute atomic E-state index is 11.9. The van der Waals surface area contributed by atoms with Crippen molar-refractivity contribution in [1.82, 2.24) is 0 Å². The summed E-state index contributed by atoms with van der Waals surface area (Å²) in [5, 5.41) is 18.2. The van der Waals surface area contributed by atoms with Gasteiger partial charge in [0.25, 0.3) is 0 Å². The molecule has 0 bridgehead atoms. The van der Waals surface area contributed by atoms with Crippen LogP contribution in [0.5, 0.6) is 0 Å². The lowest BCUT2D eigenvalue weighted by Gasteiger charge is -2.06. The fourth-order valence-corrected chi connectivity index (χ4v) is 2.12. The molecule has 20 heavy (non-hydrogen) atoms. The molecule has 2 aromatic carbocycles.